The highest BCUT2D eigenvalue weighted by atomic mass is 35.5. The van der Waals surface area contributed by atoms with Crippen molar-refractivity contribution in [1.82, 2.24) is 14.9 Å². The molecule has 2 aromatic carbocycles. The molecule has 0 unspecified atom stereocenters. The van der Waals surface area contributed by atoms with Gasteiger partial charge in [-0.25, -0.2) is 4.98 Å². The number of ether oxygens (including phenoxy) is 1. The normalized spacial score (nSPS) is 17.9. The van der Waals surface area contributed by atoms with Crippen LogP contribution in [0.3, 0.4) is 0 Å². The van der Waals surface area contributed by atoms with Crippen molar-refractivity contribution in [3.05, 3.63) is 83.2 Å². The number of anilines is 1. The van der Waals surface area contributed by atoms with Crippen LogP contribution in [0.25, 0.3) is 16.6 Å². The Morgan fingerprint density at radius 1 is 1.05 bits per heavy atom. The largest absolute Gasteiger partial charge is 0.454 e. The van der Waals surface area contributed by atoms with Crippen molar-refractivity contribution in [1.29, 1.82) is 0 Å². The Kier molecular flexibility index (Phi) is 7.82. The van der Waals surface area contributed by atoms with Gasteiger partial charge in [0, 0.05) is 61.1 Å². The molecule has 4 aromatic rings. The number of halogens is 1. The molecule has 8 heteroatoms. The van der Waals surface area contributed by atoms with Gasteiger partial charge in [-0.15, -0.1) is 0 Å². The summed E-state index contributed by atoms with van der Waals surface area (Å²) in [7, 11) is 0. The monoisotopic (exact) mass is 573 g/mol. The standard InChI is InChI=1S/C32H36ClN5OS/c1-32(2)11-9-24(28(19-32)22-3-5-25(33)6-4-22)21-37-13-15-38(16-14-37)26-7-8-30(40-34)29(18-26)39-27-17-23-10-12-35-31(23)36-20-27/h3-8,10,12,17-18,20H,9,11,13-16,19,21,34H2,1-2H3,(H,35,36). The van der Waals surface area contributed by atoms with Gasteiger partial charge >= 0.3 is 0 Å². The van der Waals surface area contributed by atoms with E-state index in [2.05, 4.69) is 63.9 Å². The van der Waals surface area contributed by atoms with Gasteiger partial charge in [0.25, 0.3) is 0 Å². The molecule has 0 atom stereocenters. The Morgan fingerprint density at radius 3 is 2.62 bits per heavy atom. The molecule has 1 aliphatic heterocycles. The first kappa shape index (κ1) is 27.2. The molecule has 0 bridgehead atoms. The summed E-state index contributed by atoms with van der Waals surface area (Å²) in [5.74, 6) is 1.46. The number of H-pyrrole nitrogens is 1. The van der Waals surface area contributed by atoms with Crippen LogP contribution >= 0.6 is 23.5 Å². The highest BCUT2D eigenvalue weighted by molar-refractivity contribution is 7.97. The number of rotatable bonds is 7. The summed E-state index contributed by atoms with van der Waals surface area (Å²) < 4.78 is 6.28. The zero-order valence-electron chi connectivity index (χ0n) is 23.1. The van der Waals surface area contributed by atoms with E-state index < -0.39 is 0 Å². The van der Waals surface area contributed by atoms with Gasteiger partial charge in [0.2, 0.25) is 0 Å². The Hall–Kier alpha value is -2.97. The first-order valence-corrected chi connectivity index (χ1v) is 15.2. The van der Waals surface area contributed by atoms with Crippen LogP contribution in [-0.2, 0) is 0 Å². The van der Waals surface area contributed by atoms with Gasteiger partial charge in [-0.2, -0.15) is 0 Å². The molecule has 2 aliphatic rings. The van der Waals surface area contributed by atoms with Gasteiger partial charge < -0.3 is 14.6 Å². The molecule has 1 fully saturated rings. The van der Waals surface area contributed by atoms with Gasteiger partial charge in [0.1, 0.15) is 17.1 Å². The fraction of sp³-hybridized carbons (Fsp3) is 0.344. The molecular weight excluding hydrogens is 538 g/mol. The van der Waals surface area contributed by atoms with Gasteiger partial charge in [0.05, 0.1) is 11.1 Å². The summed E-state index contributed by atoms with van der Waals surface area (Å²) in [6.45, 7) is 9.81. The lowest BCUT2D eigenvalue weighted by atomic mass is 9.72. The van der Waals surface area contributed by atoms with E-state index in [1.165, 1.54) is 29.5 Å². The minimum absolute atomic E-state index is 0.328. The van der Waals surface area contributed by atoms with E-state index in [-0.39, 0.29) is 0 Å². The zero-order chi connectivity index (χ0) is 27.7. The van der Waals surface area contributed by atoms with Crippen molar-refractivity contribution in [3.63, 3.8) is 0 Å². The van der Waals surface area contributed by atoms with E-state index in [9.17, 15) is 0 Å². The number of aromatic amines is 1. The third kappa shape index (κ3) is 6.03. The molecule has 3 N–H and O–H groups in total. The molecular formula is C32H36ClN5OS. The highest BCUT2D eigenvalue weighted by Crippen LogP contribution is 2.43. The molecule has 0 spiro atoms. The van der Waals surface area contributed by atoms with Crippen molar-refractivity contribution in [2.75, 3.05) is 37.6 Å². The number of hydrogen-bond acceptors (Lipinski definition) is 6. The molecule has 1 saturated heterocycles. The fourth-order valence-electron chi connectivity index (χ4n) is 5.87. The molecule has 0 amide bonds. The average molecular weight is 574 g/mol. The summed E-state index contributed by atoms with van der Waals surface area (Å²) in [5.41, 5.74) is 6.75. The van der Waals surface area contributed by atoms with Crippen LogP contribution in [-0.4, -0.2) is 47.6 Å². The Balaban J connectivity index is 1.15. The number of pyridine rings is 1. The van der Waals surface area contributed by atoms with E-state index in [4.69, 9.17) is 21.5 Å². The second-order valence-corrected chi connectivity index (χ2v) is 12.7. The lowest BCUT2D eigenvalue weighted by Crippen LogP contribution is -2.47. The fourth-order valence-corrected chi connectivity index (χ4v) is 6.36. The van der Waals surface area contributed by atoms with Gasteiger partial charge in [-0.1, -0.05) is 43.2 Å². The van der Waals surface area contributed by atoms with E-state index in [1.54, 1.807) is 11.8 Å². The summed E-state index contributed by atoms with van der Waals surface area (Å²) >= 11 is 7.40. The summed E-state index contributed by atoms with van der Waals surface area (Å²) in [6, 6.07) is 18.7. The molecule has 0 radical (unpaired) electrons. The second-order valence-electron chi connectivity index (χ2n) is 11.6. The highest BCUT2D eigenvalue weighted by Gasteiger charge is 2.29. The van der Waals surface area contributed by atoms with Crippen LogP contribution < -0.4 is 14.8 Å². The Labute approximate surface area is 245 Å². The zero-order valence-corrected chi connectivity index (χ0v) is 24.7. The smallest absolute Gasteiger partial charge is 0.146 e. The van der Waals surface area contributed by atoms with Gasteiger partial charge in [0.15, 0.2) is 0 Å². The first-order valence-electron chi connectivity index (χ1n) is 13.9. The van der Waals surface area contributed by atoms with E-state index in [0.717, 1.165) is 78.0 Å². The van der Waals surface area contributed by atoms with Gasteiger partial charge in [-0.3, -0.25) is 10.0 Å². The van der Waals surface area contributed by atoms with E-state index in [0.29, 0.717) is 11.2 Å². The molecule has 0 saturated carbocycles. The van der Waals surface area contributed by atoms with Gasteiger partial charge in [-0.05, 0) is 84.2 Å². The van der Waals surface area contributed by atoms with Crippen LogP contribution in [0, 0.1) is 5.41 Å². The lowest BCUT2D eigenvalue weighted by Gasteiger charge is -2.39. The van der Waals surface area contributed by atoms with Crippen molar-refractivity contribution in [3.8, 4) is 11.5 Å². The number of nitrogens with zero attached hydrogens (tertiary/aromatic N) is 3. The molecule has 40 heavy (non-hydrogen) atoms. The second kappa shape index (κ2) is 11.5. The average Bonchev–Trinajstić information content (AvgIpc) is 3.43. The third-order valence-electron chi connectivity index (χ3n) is 8.19. The Bertz CT molecular complexity index is 1520. The number of benzene rings is 2. The minimum atomic E-state index is 0.328. The van der Waals surface area contributed by atoms with E-state index >= 15 is 0 Å². The number of hydrogen-bond donors (Lipinski definition) is 2. The summed E-state index contributed by atoms with van der Waals surface area (Å²) in [6.07, 6.45) is 7.14. The van der Waals surface area contributed by atoms with Crippen molar-refractivity contribution in [2.45, 2.75) is 38.0 Å². The topological polar surface area (TPSA) is 70.4 Å². The van der Waals surface area contributed by atoms with Crippen molar-refractivity contribution < 1.29 is 4.74 Å². The summed E-state index contributed by atoms with van der Waals surface area (Å²) in [5, 5.41) is 7.79. The van der Waals surface area contributed by atoms with Crippen LogP contribution in [0.1, 0.15) is 38.7 Å². The first-order chi connectivity index (χ1) is 19.4. The predicted molar refractivity (Wildman–Crippen MR) is 167 cm³/mol. The quantitative estimate of drug-likeness (QED) is 0.220. The lowest BCUT2D eigenvalue weighted by molar-refractivity contribution is 0.264. The third-order valence-corrected chi connectivity index (χ3v) is 9.03. The van der Waals surface area contributed by atoms with Crippen LogP contribution in [0.2, 0.25) is 5.02 Å². The van der Waals surface area contributed by atoms with Crippen LogP contribution in [0.15, 0.2) is 77.5 Å². The Morgan fingerprint density at radius 2 is 1.85 bits per heavy atom. The molecule has 3 heterocycles. The van der Waals surface area contributed by atoms with Crippen molar-refractivity contribution in [2.24, 2.45) is 10.6 Å². The molecule has 1 aliphatic carbocycles. The number of allylic oxidation sites excluding steroid dienone is 1. The molecule has 208 valence electrons. The molecule has 2 aromatic heterocycles. The minimum Gasteiger partial charge on any atom is -0.454 e. The van der Waals surface area contributed by atoms with Crippen LogP contribution in [0.5, 0.6) is 11.5 Å². The summed E-state index contributed by atoms with van der Waals surface area (Å²) in [4.78, 5) is 13.5. The number of piperazine rings is 1. The van der Waals surface area contributed by atoms with Crippen molar-refractivity contribution >= 4 is 45.8 Å². The predicted octanol–water partition coefficient (Wildman–Crippen LogP) is 7.76. The molecule has 6 rings (SSSR count). The number of nitrogens with two attached hydrogens (primary N) is 1. The number of aromatic nitrogens is 2. The number of nitrogens with one attached hydrogen (secondary N) is 1. The maximum absolute atomic E-state index is 6.28. The maximum atomic E-state index is 6.28. The maximum Gasteiger partial charge on any atom is 0.146 e. The van der Waals surface area contributed by atoms with E-state index in [1.807, 2.05) is 30.5 Å². The number of fused-ring (bicyclic) bond motifs is 1. The molecule has 6 nitrogen and oxygen atoms in total. The SMILES string of the molecule is CC1(C)CCC(CN2CCN(c3ccc(SN)c(Oc4cnc5[nH]ccc5c4)c3)CC2)=C(c2ccc(Cl)cc2)C1. The van der Waals surface area contributed by atoms with Crippen LogP contribution in [0.4, 0.5) is 5.69 Å².